The molecule has 0 saturated carbocycles. The molecule has 1 aromatic heterocycles. The van der Waals surface area contributed by atoms with Gasteiger partial charge in [0.15, 0.2) is 0 Å². The van der Waals surface area contributed by atoms with E-state index in [4.69, 9.17) is 0 Å². The molecule has 0 spiro atoms. The highest BCUT2D eigenvalue weighted by atomic mass is 16.6. The largest absolute Gasteiger partial charge is 0.368 e. The molecule has 2 N–H and O–H groups in total. The van der Waals surface area contributed by atoms with Crippen molar-refractivity contribution in [3.05, 3.63) is 75.8 Å². The number of carbonyl (C=O) groups is 1. The lowest BCUT2D eigenvalue weighted by Gasteiger charge is -2.09. The lowest BCUT2D eigenvalue weighted by molar-refractivity contribution is -0.384. The van der Waals surface area contributed by atoms with Gasteiger partial charge in [-0.3, -0.25) is 14.9 Å². The SMILES string of the molecule is N#Cc1cc(NCCNC(=O)c2ccccc2)nc2ccc([N+](=O)[O-])cc12. The topological polar surface area (TPSA) is 121 Å². The van der Waals surface area contributed by atoms with Crippen LogP contribution < -0.4 is 10.6 Å². The van der Waals surface area contributed by atoms with E-state index in [1.165, 1.54) is 24.3 Å². The second-order valence-electron chi connectivity index (χ2n) is 5.67. The summed E-state index contributed by atoms with van der Waals surface area (Å²) in [6, 6.07) is 16.6. The zero-order valence-electron chi connectivity index (χ0n) is 14.2. The highest BCUT2D eigenvalue weighted by Crippen LogP contribution is 2.24. The van der Waals surface area contributed by atoms with Crippen LogP contribution in [0.4, 0.5) is 11.5 Å². The Morgan fingerprint density at radius 3 is 2.63 bits per heavy atom. The summed E-state index contributed by atoms with van der Waals surface area (Å²) < 4.78 is 0. The van der Waals surface area contributed by atoms with E-state index in [1.807, 2.05) is 12.1 Å². The van der Waals surface area contributed by atoms with E-state index < -0.39 is 4.92 Å². The van der Waals surface area contributed by atoms with E-state index in [0.717, 1.165) is 0 Å². The van der Waals surface area contributed by atoms with Gasteiger partial charge in [0.1, 0.15) is 5.82 Å². The summed E-state index contributed by atoms with van der Waals surface area (Å²) in [5.74, 6) is 0.288. The molecule has 8 heteroatoms. The molecule has 0 radical (unpaired) electrons. The van der Waals surface area contributed by atoms with Gasteiger partial charge in [0, 0.05) is 36.2 Å². The monoisotopic (exact) mass is 361 g/mol. The number of benzene rings is 2. The Hall–Kier alpha value is -3.99. The summed E-state index contributed by atoms with van der Waals surface area (Å²) in [4.78, 5) is 26.7. The molecule has 0 aliphatic rings. The first kappa shape index (κ1) is 17.8. The summed E-state index contributed by atoms with van der Waals surface area (Å²) in [5.41, 5.74) is 1.26. The van der Waals surface area contributed by atoms with Crippen LogP contribution in [0.25, 0.3) is 10.9 Å². The third-order valence-electron chi connectivity index (χ3n) is 3.88. The fraction of sp³-hybridized carbons (Fsp3) is 0.105. The van der Waals surface area contributed by atoms with Crippen LogP contribution in [0.1, 0.15) is 15.9 Å². The van der Waals surface area contributed by atoms with Crippen LogP contribution in [0, 0.1) is 21.4 Å². The third kappa shape index (κ3) is 4.16. The minimum Gasteiger partial charge on any atom is -0.368 e. The van der Waals surface area contributed by atoms with Gasteiger partial charge in [-0.15, -0.1) is 0 Å². The average Bonchev–Trinajstić information content (AvgIpc) is 2.70. The number of nitro groups is 1. The van der Waals surface area contributed by atoms with Crippen molar-refractivity contribution >= 4 is 28.3 Å². The van der Waals surface area contributed by atoms with Crippen LogP contribution in [0.5, 0.6) is 0 Å². The fourth-order valence-corrected chi connectivity index (χ4v) is 2.57. The lowest BCUT2D eigenvalue weighted by atomic mass is 10.1. The van der Waals surface area contributed by atoms with Crippen molar-refractivity contribution in [1.82, 2.24) is 10.3 Å². The molecule has 0 bridgehead atoms. The highest BCUT2D eigenvalue weighted by Gasteiger charge is 2.11. The maximum atomic E-state index is 12.0. The first-order valence-corrected chi connectivity index (χ1v) is 8.15. The zero-order valence-corrected chi connectivity index (χ0v) is 14.2. The molecule has 134 valence electrons. The Bertz CT molecular complexity index is 1040. The van der Waals surface area contributed by atoms with E-state index in [1.54, 1.807) is 24.3 Å². The molecule has 0 fully saturated rings. The van der Waals surface area contributed by atoms with E-state index in [0.29, 0.717) is 40.9 Å². The molecule has 8 nitrogen and oxygen atoms in total. The minimum absolute atomic E-state index is 0.0925. The van der Waals surface area contributed by atoms with Crippen LogP contribution in [0.3, 0.4) is 0 Å². The number of non-ortho nitro benzene ring substituents is 1. The molecular formula is C19H15N5O3. The van der Waals surface area contributed by atoms with Gasteiger partial charge in [-0.1, -0.05) is 18.2 Å². The quantitative estimate of drug-likeness (QED) is 0.396. The molecule has 0 aliphatic carbocycles. The average molecular weight is 361 g/mol. The van der Waals surface area contributed by atoms with Crippen LogP contribution in [-0.2, 0) is 0 Å². The molecule has 27 heavy (non-hydrogen) atoms. The summed E-state index contributed by atoms with van der Waals surface area (Å²) in [5, 5.41) is 26.5. The molecular weight excluding hydrogens is 346 g/mol. The van der Waals surface area contributed by atoms with Gasteiger partial charge in [-0.2, -0.15) is 5.26 Å². The van der Waals surface area contributed by atoms with Gasteiger partial charge in [0.2, 0.25) is 0 Å². The Morgan fingerprint density at radius 2 is 1.93 bits per heavy atom. The third-order valence-corrected chi connectivity index (χ3v) is 3.88. The maximum absolute atomic E-state index is 12.0. The number of hydrogen-bond donors (Lipinski definition) is 2. The van der Waals surface area contributed by atoms with Crippen molar-refractivity contribution in [3.8, 4) is 6.07 Å². The Labute approximate surface area is 154 Å². The van der Waals surface area contributed by atoms with Crippen molar-refractivity contribution < 1.29 is 9.72 Å². The first-order chi connectivity index (χ1) is 13.1. The summed E-state index contributed by atoms with van der Waals surface area (Å²) >= 11 is 0. The summed E-state index contributed by atoms with van der Waals surface area (Å²) in [6.45, 7) is 0.782. The number of rotatable bonds is 6. The molecule has 0 saturated heterocycles. The predicted molar refractivity (Wildman–Crippen MR) is 100 cm³/mol. The van der Waals surface area contributed by atoms with Crippen LogP contribution >= 0.6 is 0 Å². The molecule has 0 atom stereocenters. The smallest absolute Gasteiger partial charge is 0.270 e. The maximum Gasteiger partial charge on any atom is 0.270 e. The van der Waals surface area contributed by atoms with Gasteiger partial charge in [-0.05, 0) is 24.3 Å². The van der Waals surface area contributed by atoms with Gasteiger partial charge in [0.25, 0.3) is 11.6 Å². The Kier molecular flexibility index (Phi) is 5.23. The van der Waals surface area contributed by atoms with Crippen LogP contribution in [0.15, 0.2) is 54.6 Å². The van der Waals surface area contributed by atoms with Gasteiger partial charge in [-0.25, -0.2) is 4.98 Å². The highest BCUT2D eigenvalue weighted by molar-refractivity contribution is 5.94. The standard InChI is InChI=1S/C19H15N5O3/c20-12-14-10-18(23-17-7-6-15(24(26)27)11-16(14)17)21-8-9-22-19(25)13-4-2-1-3-5-13/h1-7,10-11H,8-9H2,(H,21,23)(H,22,25). The molecule has 2 aromatic carbocycles. The number of nitro benzene ring substituents is 1. The predicted octanol–water partition coefficient (Wildman–Crippen LogP) is 2.86. The van der Waals surface area contributed by atoms with Gasteiger partial charge in [0.05, 0.1) is 22.1 Å². The first-order valence-electron chi connectivity index (χ1n) is 8.15. The van der Waals surface area contributed by atoms with Gasteiger partial charge < -0.3 is 10.6 Å². The fourth-order valence-electron chi connectivity index (χ4n) is 2.57. The van der Waals surface area contributed by atoms with Crippen molar-refractivity contribution in [2.45, 2.75) is 0 Å². The number of anilines is 1. The van der Waals surface area contributed by atoms with Crippen LogP contribution in [0.2, 0.25) is 0 Å². The zero-order chi connectivity index (χ0) is 19.2. The number of nitrogens with zero attached hydrogens (tertiary/aromatic N) is 3. The number of hydrogen-bond acceptors (Lipinski definition) is 6. The van der Waals surface area contributed by atoms with Crippen LogP contribution in [-0.4, -0.2) is 28.9 Å². The number of aromatic nitrogens is 1. The van der Waals surface area contributed by atoms with E-state index >= 15 is 0 Å². The van der Waals surface area contributed by atoms with E-state index in [2.05, 4.69) is 15.6 Å². The number of fused-ring (bicyclic) bond motifs is 1. The van der Waals surface area contributed by atoms with E-state index in [9.17, 15) is 20.2 Å². The summed E-state index contributed by atoms with van der Waals surface area (Å²) in [6.07, 6.45) is 0. The number of amides is 1. The van der Waals surface area contributed by atoms with Crippen molar-refractivity contribution in [1.29, 1.82) is 5.26 Å². The molecule has 3 rings (SSSR count). The molecule has 0 aliphatic heterocycles. The normalized spacial score (nSPS) is 10.2. The van der Waals surface area contributed by atoms with Crippen molar-refractivity contribution in [2.24, 2.45) is 0 Å². The molecule has 3 aromatic rings. The lowest BCUT2D eigenvalue weighted by Crippen LogP contribution is -2.28. The van der Waals surface area contributed by atoms with E-state index in [-0.39, 0.29) is 11.6 Å². The molecule has 1 heterocycles. The van der Waals surface area contributed by atoms with Crippen molar-refractivity contribution in [2.75, 3.05) is 18.4 Å². The number of pyridine rings is 1. The number of nitrogens with one attached hydrogen (secondary N) is 2. The molecule has 0 unspecified atom stereocenters. The minimum atomic E-state index is -0.512. The molecule has 1 amide bonds. The number of nitriles is 1. The second kappa shape index (κ2) is 7.93. The summed E-state index contributed by atoms with van der Waals surface area (Å²) in [7, 11) is 0. The Morgan fingerprint density at radius 1 is 1.15 bits per heavy atom. The Balaban J connectivity index is 1.67. The number of carbonyl (C=O) groups excluding carboxylic acids is 1. The van der Waals surface area contributed by atoms with Crippen molar-refractivity contribution in [3.63, 3.8) is 0 Å². The van der Waals surface area contributed by atoms with Gasteiger partial charge >= 0.3 is 0 Å². The second-order valence-corrected chi connectivity index (χ2v) is 5.67.